The minimum atomic E-state index is 0.666. The van der Waals surface area contributed by atoms with Gasteiger partial charge < -0.3 is 5.32 Å². The van der Waals surface area contributed by atoms with Crippen LogP contribution in [0.4, 0.5) is 5.82 Å². The van der Waals surface area contributed by atoms with Crippen molar-refractivity contribution < 1.29 is 0 Å². The maximum absolute atomic E-state index is 4.28. The van der Waals surface area contributed by atoms with Gasteiger partial charge in [0.05, 0.1) is 12.2 Å². The number of hydrogen-bond donors (Lipinski definition) is 1. The normalized spacial score (nSPS) is 10.7. The van der Waals surface area contributed by atoms with Crippen LogP contribution in [0.15, 0.2) is 42.9 Å². The maximum atomic E-state index is 4.28. The van der Waals surface area contributed by atoms with Crippen molar-refractivity contribution in [3.63, 3.8) is 0 Å². The van der Waals surface area contributed by atoms with Crippen LogP contribution in [0.1, 0.15) is 11.3 Å². The summed E-state index contributed by atoms with van der Waals surface area (Å²) < 4.78 is 1.79. The Morgan fingerprint density at radius 3 is 3.00 bits per heavy atom. The molecule has 1 N–H and O–H groups in total. The SMILES string of the molecule is Cc1cc(NCc2ccccn2)n2ncnc2c1. The summed E-state index contributed by atoms with van der Waals surface area (Å²) in [6, 6.07) is 9.92. The lowest BCUT2D eigenvalue weighted by molar-refractivity contribution is 0.930. The van der Waals surface area contributed by atoms with E-state index in [2.05, 4.69) is 20.4 Å². The Bertz CT molecular complexity index is 659. The van der Waals surface area contributed by atoms with Crippen molar-refractivity contribution in [1.82, 2.24) is 19.6 Å². The van der Waals surface area contributed by atoms with Gasteiger partial charge in [0.2, 0.25) is 0 Å². The molecular weight excluding hydrogens is 226 g/mol. The average Bonchev–Trinajstić information content (AvgIpc) is 2.85. The van der Waals surface area contributed by atoms with Crippen LogP contribution in [0, 0.1) is 6.92 Å². The van der Waals surface area contributed by atoms with E-state index in [1.165, 1.54) is 0 Å². The summed E-state index contributed by atoms with van der Waals surface area (Å²) in [6.45, 7) is 2.71. The average molecular weight is 239 g/mol. The van der Waals surface area contributed by atoms with Crippen LogP contribution < -0.4 is 5.32 Å². The van der Waals surface area contributed by atoms with Crippen LogP contribution in [0.2, 0.25) is 0 Å². The first-order valence-corrected chi connectivity index (χ1v) is 5.77. The molecule has 3 aromatic rings. The lowest BCUT2D eigenvalue weighted by Crippen LogP contribution is -2.06. The zero-order valence-corrected chi connectivity index (χ0v) is 10.0. The molecule has 0 aromatic carbocycles. The molecule has 0 unspecified atom stereocenters. The first-order valence-electron chi connectivity index (χ1n) is 5.77. The molecule has 0 aliphatic heterocycles. The van der Waals surface area contributed by atoms with E-state index in [0.717, 1.165) is 22.7 Å². The fourth-order valence-electron chi connectivity index (χ4n) is 1.87. The van der Waals surface area contributed by atoms with E-state index in [0.29, 0.717) is 6.54 Å². The molecule has 0 spiro atoms. The van der Waals surface area contributed by atoms with E-state index < -0.39 is 0 Å². The summed E-state index contributed by atoms with van der Waals surface area (Å²) in [4.78, 5) is 8.47. The van der Waals surface area contributed by atoms with Gasteiger partial charge in [0.15, 0.2) is 5.65 Å². The first-order chi connectivity index (χ1) is 8.83. The molecule has 90 valence electrons. The Kier molecular flexibility index (Phi) is 2.64. The monoisotopic (exact) mass is 239 g/mol. The van der Waals surface area contributed by atoms with Crippen LogP contribution in [-0.4, -0.2) is 19.6 Å². The molecule has 0 aliphatic rings. The largest absolute Gasteiger partial charge is 0.364 e. The number of anilines is 1. The summed E-state index contributed by atoms with van der Waals surface area (Å²) in [6.07, 6.45) is 3.35. The number of nitrogens with zero attached hydrogens (tertiary/aromatic N) is 4. The highest BCUT2D eigenvalue weighted by Gasteiger charge is 2.03. The van der Waals surface area contributed by atoms with Crippen molar-refractivity contribution >= 4 is 11.5 Å². The Morgan fingerprint density at radius 2 is 2.17 bits per heavy atom. The molecule has 0 saturated carbocycles. The molecule has 0 aliphatic carbocycles. The van der Waals surface area contributed by atoms with Crippen molar-refractivity contribution in [2.45, 2.75) is 13.5 Å². The second kappa shape index (κ2) is 4.44. The fraction of sp³-hybridized carbons (Fsp3) is 0.154. The molecule has 3 aromatic heterocycles. The summed E-state index contributed by atoms with van der Waals surface area (Å²) in [5, 5.41) is 7.52. The number of hydrogen-bond acceptors (Lipinski definition) is 4. The van der Waals surface area contributed by atoms with Gasteiger partial charge in [0, 0.05) is 6.20 Å². The predicted molar refractivity (Wildman–Crippen MR) is 69.3 cm³/mol. The van der Waals surface area contributed by atoms with Crippen molar-refractivity contribution in [2.24, 2.45) is 0 Å². The van der Waals surface area contributed by atoms with E-state index in [9.17, 15) is 0 Å². The van der Waals surface area contributed by atoms with Gasteiger partial charge in [-0.2, -0.15) is 9.61 Å². The molecule has 18 heavy (non-hydrogen) atoms. The van der Waals surface area contributed by atoms with Gasteiger partial charge in [0.1, 0.15) is 12.1 Å². The molecule has 0 bridgehead atoms. The molecule has 0 amide bonds. The minimum absolute atomic E-state index is 0.666. The number of aromatic nitrogens is 4. The van der Waals surface area contributed by atoms with E-state index >= 15 is 0 Å². The molecule has 0 fully saturated rings. The van der Waals surface area contributed by atoms with E-state index in [1.807, 2.05) is 37.3 Å². The number of pyridine rings is 2. The fourth-order valence-corrected chi connectivity index (χ4v) is 1.87. The van der Waals surface area contributed by atoms with Crippen LogP contribution in [0.25, 0.3) is 5.65 Å². The topological polar surface area (TPSA) is 55.1 Å². The van der Waals surface area contributed by atoms with Gasteiger partial charge >= 0.3 is 0 Å². The molecule has 3 heterocycles. The lowest BCUT2D eigenvalue weighted by Gasteiger charge is -2.08. The highest BCUT2D eigenvalue weighted by Crippen LogP contribution is 2.13. The number of fused-ring (bicyclic) bond motifs is 1. The van der Waals surface area contributed by atoms with Gasteiger partial charge in [-0.1, -0.05) is 6.07 Å². The molecule has 0 radical (unpaired) electrons. The highest BCUT2D eigenvalue weighted by atomic mass is 15.3. The third kappa shape index (κ3) is 2.02. The highest BCUT2D eigenvalue weighted by molar-refractivity contribution is 5.51. The van der Waals surface area contributed by atoms with Crippen molar-refractivity contribution in [3.8, 4) is 0 Å². The molecule has 3 rings (SSSR count). The Morgan fingerprint density at radius 1 is 1.22 bits per heavy atom. The standard InChI is InChI=1S/C13H13N5/c1-10-6-12(18-13(7-10)16-9-17-18)15-8-11-4-2-3-5-14-11/h2-7,9,15H,8H2,1H3. The van der Waals surface area contributed by atoms with Crippen LogP contribution in [0.3, 0.4) is 0 Å². The third-order valence-corrected chi connectivity index (χ3v) is 2.70. The van der Waals surface area contributed by atoms with E-state index in [-0.39, 0.29) is 0 Å². The van der Waals surface area contributed by atoms with E-state index in [4.69, 9.17) is 0 Å². The first kappa shape index (κ1) is 10.7. The number of nitrogens with one attached hydrogen (secondary N) is 1. The number of rotatable bonds is 3. The minimum Gasteiger partial charge on any atom is -0.364 e. The lowest BCUT2D eigenvalue weighted by atomic mass is 10.3. The quantitative estimate of drug-likeness (QED) is 0.760. The van der Waals surface area contributed by atoms with Crippen molar-refractivity contribution in [1.29, 1.82) is 0 Å². The summed E-state index contributed by atoms with van der Waals surface area (Å²) in [5.41, 5.74) is 2.99. The molecule has 5 heteroatoms. The zero-order chi connectivity index (χ0) is 12.4. The second-order valence-electron chi connectivity index (χ2n) is 4.12. The van der Waals surface area contributed by atoms with E-state index in [1.54, 1.807) is 17.0 Å². The predicted octanol–water partition coefficient (Wildman–Crippen LogP) is 2.04. The van der Waals surface area contributed by atoms with Crippen molar-refractivity contribution in [3.05, 3.63) is 54.1 Å². The van der Waals surface area contributed by atoms with Gasteiger partial charge in [-0.15, -0.1) is 0 Å². The summed E-state index contributed by atoms with van der Waals surface area (Å²) in [5.74, 6) is 0.924. The third-order valence-electron chi connectivity index (χ3n) is 2.70. The zero-order valence-electron chi connectivity index (χ0n) is 10.0. The summed E-state index contributed by atoms with van der Waals surface area (Å²) in [7, 11) is 0. The maximum Gasteiger partial charge on any atom is 0.157 e. The van der Waals surface area contributed by atoms with Gasteiger partial charge in [-0.05, 0) is 36.8 Å². The van der Waals surface area contributed by atoms with Crippen LogP contribution in [0.5, 0.6) is 0 Å². The smallest absolute Gasteiger partial charge is 0.157 e. The van der Waals surface area contributed by atoms with Gasteiger partial charge in [-0.25, -0.2) is 4.98 Å². The Hall–Kier alpha value is -2.43. The molecular formula is C13H13N5. The van der Waals surface area contributed by atoms with Gasteiger partial charge in [-0.3, -0.25) is 4.98 Å². The van der Waals surface area contributed by atoms with Crippen LogP contribution >= 0.6 is 0 Å². The molecule has 0 saturated heterocycles. The second-order valence-corrected chi connectivity index (χ2v) is 4.12. The molecule has 5 nitrogen and oxygen atoms in total. The molecule has 0 atom stereocenters. The van der Waals surface area contributed by atoms with Gasteiger partial charge in [0.25, 0.3) is 0 Å². The summed E-state index contributed by atoms with van der Waals surface area (Å²) >= 11 is 0. The van der Waals surface area contributed by atoms with Crippen molar-refractivity contribution in [2.75, 3.05) is 5.32 Å². The number of aryl methyl sites for hydroxylation is 1. The Balaban J connectivity index is 1.88. The Labute approximate surface area is 105 Å². The van der Waals surface area contributed by atoms with Crippen LogP contribution in [-0.2, 0) is 6.54 Å².